The van der Waals surface area contributed by atoms with Crippen molar-refractivity contribution < 1.29 is 0 Å². The van der Waals surface area contributed by atoms with Crippen molar-refractivity contribution in [2.24, 2.45) is 0 Å². The van der Waals surface area contributed by atoms with Gasteiger partial charge in [-0.2, -0.15) is 9.61 Å². The maximum absolute atomic E-state index is 6.11. The third-order valence-corrected chi connectivity index (χ3v) is 3.85. The van der Waals surface area contributed by atoms with Gasteiger partial charge in [-0.1, -0.05) is 25.4 Å². The largest absolute Gasteiger partial charge is 0.364 e. The van der Waals surface area contributed by atoms with E-state index in [2.05, 4.69) is 34.2 Å². The van der Waals surface area contributed by atoms with E-state index in [9.17, 15) is 0 Å². The second kappa shape index (κ2) is 5.38. The SMILES string of the molecule is CC(C)c1cnn2c(NCc3cscn3)cc(Cl)nc12. The predicted molar refractivity (Wildman–Crippen MR) is 81.5 cm³/mol. The first-order chi connectivity index (χ1) is 9.65. The Morgan fingerprint density at radius 2 is 2.30 bits per heavy atom. The lowest BCUT2D eigenvalue weighted by molar-refractivity contribution is 0.871. The summed E-state index contributed by atoms with van der Waals surface area (Å²) in [6, 6.07) is 1.78. The highest BCUT2D eigenvalue weighted by Gasteiger charge is 2.13. The molecule has 0 aliphatic heterocycles. The Hall–Kier alpha value is -1.66. The van der Waals surface area contributed by atoms with Crippen LogP contribution in [0.5, 0.6) is 0 Å². The fourth-order valence-electron chi connectivity index (χ4n) is 1.99. The van der Waals surface area contributed by atoms with Crippen LogP contribution in [0.15, 0.2) is 23.2 Å². The molecule has 5 nitrogen and oxygen atoms in total. The summed E-state index contributed by atoms with van der Waals surface area (Å²) in [6.45, 7) is 4.86. The van der Waals surface area contributed by atoms with E-state index in [1.807, 2.05) is 17.1 Å². The van der Waals surface area contributed by atoms with Crippen LogP contribution in [-0.2, 0) is 6.54 Å². The molecule has 1 N–H and O–H groups in total. The molecule has 7 heteroatoms. The van der Waals surface area contributed by atoms with Crippen LogP contribution in [0.3, 0.4) is 0 Å². The predicted octanol–water partition coefficient (Wildman–Crippen LogP) is 3.57. The Morgan fingerprint density at radius 3 is 3.00 bits per heavy atom. The number of anilines is 1. The quantitative estimate of drug-likeness (QED) is 0.749. The van der Waals surface area contributed by atoms with Gasteiger partial charge in [0.25, 0.3) is 0 Å². The molecule has 0 spiro atoms. The Kier molecular flexibility index (Phi) is 3.58. The van der Waals surface area contributed by atoms with Crippen molar-refractivity contribution in [1.82, 2.24) is 19.6 Å². The van der Waals surface area contributed by atoms with Gasteiger partial charge in [0, 0.05) is 17.0 Å². The molecule has 0 fully saturated rings. The third-order valence-electron chi connectivity index (χ3n) is 3.02. The topological polar surface area (TPSA) is 55.1 Å². The van der Waals surface area contributed by atoms with Crippen molar-refractivity contribution in [3.8, 4) is 0 Å². The normalized spacial score (nSPS) is 11.4. The van der Waals surface area contributed by atoms with Gasteiger partial charge >= 0.3 is 0 Å². The van der Waals surface area contributed by atoms with Crippen LogP contribution in [-0.4, -0.2) is 19.6 Å². The minimum absolute atomic E-state index is 0.352. The van der Waals surface area contributed by atoms with E-state index >= 15 is 0 Å². The lowest BCUT2D eigenvalue weighted by atomic mass is 10.1. The van der Waals surface area contributed by atoms with Crippen LogP contribution in [0.2, 0.25) is 5.15 Å². The van der Waals surface area contributed by atoms with Crippen LogP contribution in [0.4, 0.5) is 5.82 Å². The minimum atomic E-state index is 0.352. The molecule has 20 heavy (non-hydrogen) atoms. The maximum Gasteiger partial charge on any atom is 0.162 e. The summed E-state index contributed by atoms with van der Waals surface area (Å²) in [4.78, 5) is 8.62. The lowest BCUT2D eigenvalue weighted by Gasteiger charge is -2.08. The number of hydrogen-bond donors (Lipinski definition) is 1. The molecule has 0 aliphatic carbocycles. The van der Waals surface area contributed by atoms with Gasteiger partial charge in [0.2, 0.25) is 0 Å². The van der Waals surface area contributed by atoms with Crippen LogP contribution >= 0.6 is 22.9 Å². The van der Waals surface area contributed by atoms with Crippen molar-refractivity contribution in [2.75, 3.05) is 5.32 Å². The highest BCUT2D eigenvalue weighted by molar-refractivity contribution is 7.07. The van der Waals surface area contributed by atoms with E-state index in [-0.39, 0.29) is 0 Å². The first kappa shape index (κ1) is 13.3. The Labute approximate surface area is 125 Å². The summed E-state index contributed by atoms with van der Waals surface area (Å²) in [5.41, 5.74) is 4.70. The first-order valence-corrected chi connectivity index (χ1v) is 7.62. The number of hydrogen-bond acceptors (Lipinski definition) is 5. The van der Waals surface area contributed by atoms with Gasteiger partial charge in [-0.05, 0) is 5.92 Å². The number of thiazole rings is 1. The van der Waals surface area contributed by atoms with Crippen molar-refractivity contribution in [2.45, 2.75) is 26.3 Å². The third kappa shape index (κ3) is 2.48. The van der Waals surface area contributed by atoms with Gasteiger partial charge in [-0.15, -0.1) is 11.3 Å². The smallest absolute Gasteiger partial charge is 0.162 e. The van der Waals surface area contributed by atoms with Crippen LogP contribution in [0.1, 0.15) is 31.0 Å². The number of fused-ring (bicyclic) bond motifs is 1. The number of halogens is 1. The van der Waals surface area contributed by atoms with Crippen LogP contribution < -0.4 is 5.32 Å². The van der Waals surface area contributed by atoms with E-state index < -0.39 is 0 Å². The van der Waals surface area contributed by atoms with Crippen LogP contribution in [0, 0.1) is 0 Å². The van der Waals surface area contributed by atoms with Gasteiger partial charge < -0.3 is 5.32 Å². The second-order valence-electron chi connectivity index (χ2n) is 4.79. The van der Waals surface area contributed by atoms with Gasteiger partial charge in [0.1, 0.15) is 11.0 Å². The molecule has 0 unspecified atom stereocenters. The van der Waals surface area contributed by atoms with Crippen LogP contribution in [0.25, 0.3) is 5.65 Å². The fourth-order valence-corrected chi connectivity index (χ4v) is 2.73. The van der Waals surface area contributed by atoms with E-state index in [4.69, 9.17) is 11.6 Å². The molecule has 0 saturated carbocycles. The second-order valence-corrected chi connectivity index (χ2v) is 5.89. The zero-order valence-corrected chi connectivity index (χ0v) is 12.7. The maximum atomic E-state index is 6.11. The molecule has 0 saturated heterocycles. The number of nitrogens with one attached hydrogen (secondary N) is 1. The highest BCUT2D eigenvalue weighted by atomic mass is 35.5. The molecule has 0 atom stereocenters. The molecule has 0 bridgehead atoms. The average molecular weight is 308 g/mol. The molecule has 0 aliphatic rings. The molecular formula is C13H14ClN5S. The summed E-state index contributed by atoms with van der Waals surface area (Å²) in [7, 11) is 0. The van der Waals surface area contributed by atoms with Crippen molar-refractivity contribution in [3.05, 3.63) is 39.6 Å². The monoisotopic (exact) mass is 307 g/mol. The van der Waals surface area contributed by atoms with Gasteiger partial charge in [-0.25, -0.2) is 9.97 Å². The van der Waals surface area contributed by atoms with Crippen molar-refractivity contribution >= 4 is 34.4 Å². The van der Waals surface area contributed by atoms with Crippen molar-refractivity contribution in [1.29, 1.82) is 0 Å². The first-order valence-electron chi connectivity index (χ1n) is 6.30. The lowest BCUT2D eigenvalue weighted by Crippen LogP contribution is -2.06. The number of rotatable bonds is 4. The molecule has 3 heterocycles. The molecule has 3 rings (SSSR count). The standard InChI is InChI=1S/C13H14ClN5S/c1-8(2)10-5-17-19-12(3-11(14)18-13(10)19)15-4-9-6-20-7-16-9/h3,5-8,15H,4H2,1-2H3. The van der Waals surface area contributed by atoms with E-state index in [0.29, 0.717) is 17.6 Å². The fraction of sp³-hybridized carbons (Fsp3) is 0.308. The van der Waals surface area contributed by atoms with Gasteiger partial charge in [0.15, 0.2) is 5.65 Å². The summed E-state index contributed by atoms with van der Waals surface area (Å²) in [5.74, 6) is 1.17. The molecule has 0 radical (unpaired) electrons. The number of nitrogens with zero attached hydrogens (tertiary/aromatic N) is 4. The molecule has 0 aromatic carbocycles. The van der Waals surface area contributed by atoms with Gasteiger partial charge in [0.05, 0.1) is 23.9 Å². The number of aromatic nitrogens is 4. The molecular weight excluding hydrogens is 294 g/mol. The van der Waals surface area contributed by atoms with E-state index in [1.54, 1.807) is 21.9 Å². The Balaban J connectivity index is 1.97. The molecule has 3 aromatic heterocycles. The summed E-state index contributed by atoms with van der Waals surface area (Å²) < 4.78 is 1.79. The summed E-state index contributed by atoms with van der Waals surface area (Å²) in [6.07, 6.45) is 1.84. The van der Waals surface area contributed by atoms with Crippen molar-refractivity contribution in [3.63, 3.8) is 0 Å². The zero-order valence-electron chi connectivity index (χ0n) is 11.2. The minimum Gasteiger partial charge on any atom is -0.364 e. The summed E-state index contributed by atoms with van der Waals surface area (Å²) >= 11 is 7.69. The van der Waals surface area contributed by atoms with E-state index in [0.717, 1.165) is 22.7 Å². The van der Waals surface area contributed by atoms with E-state index in [1.165, 1.54) is 0 Å². The Morgan fingerprint density at radius 1 is 1.45 bits per heavy atom. The average Bonchev–Trinajstić information content (AvgIpc) is 3.04. The summed E-state index contributed by atoms with van der Waals surface area (Å²) in [5, 5.41) is 10.2. The molecule has 104 valence electrons. The van der Waals surface area contributed by atoms with Gasteiger partial charge in [-0.3, -0.25) is 0 Å². The molecule has 0 amide bonds. The highest BCUT2D eigenvalue weighted by Crippen LogP contribution is 2.24. The Bertz CT molecular complexity index is 720. The molecule has 3 aromatic rings. The zero-order chi connectivity index (χ0) is 14.1.